The standard InChI is InChI=1S/C41H69O9P/c1-3-5-7-9-11-13-15-17-19-21-23-25-27-29-31-33-41(44)50-40(38-49-51(45,46)48-36-39(43)35-42)37-47-34-32-30-28-26-24-22-20-18-16-14-12-10-8-6-4-2/h5,7,10-13,16-19,23,25,29,31,39-40,42-43H,3-4,6,8-9,14-15,20-22,24,26-28,30,32-38H2,1-2H3,(H,45,46)/b7-5-,12-10-,13-11-,18-16-,19-17-,25-23-,31-29-. The van der Waals surface area contributed by atoms with Gasteiger partial charge in [-0.25, -0.2) is 4.57 Å². The van der Waals surface area contributed by atoms with E-state index in [1.54, 1.807) is 6.08 Å². The van der Waals surface area contributed by atoms with Gasteiger partial charge in [0.05, 0.1) is 32.8 Å². The molecule has 0 aromatic carbocycles. The van der Waals surface area contributed by atoms with E-state index in [2.05, 4.69) is 80.7 Å². The van der Waals surface area contributed by atoms with Crippen molar-refractivity contribution < 1.29 is 43.0 Å². The number of carbonyl (C=O) groups excluding carboxylic acids is 1. The molecule has 51 heavy (non-hydrogen) atoms. The van der Waals surface area contributed by atoms with Gasteiger partial charge in [0.15, 0.2) is 0 Å². The van der Waals surface area contributed by atoms with E-state index in [-0.39, 0.29) is 13.0 Å². The molecule has 0 spiro atoms. The topological polar surface area (TPSA) is 132 Å². The lowest BCUT2D eigenvalue weighted by atomic mass is 10.1. The van der Waals surface area contributed by atoms with Crippen LogP contribution < -0.4 is 0 Å². The van der Waals surface area contributed by atoms with Crippen LogP contribution in [0.1, 0.15) is 123 Å². The summed E-state index contributed by atoms with van der Waals surface area (Å²) in [6.07, 6.45) is 44.3. The van der Waals surface area contributed by atoms with Crippen LogP contribution in [0.5, 0.6) is 0 Å². The Morgan fingerprint density at radius 2 is 1.12 bits per heavy atom. The van der Waals surface area contributed by atoms with Crippen molar-refractivity contribution in [3.63, 3.8) is 0 Å². The van der Waals surface area contributed by atoms with Crippen molar-refractivity contribution >= 4 is 13.8 Å². The van der Waals surface area contributed by atoms with Gasteiger partial charge in [0.2, 0.25) is 0 Å². The van der Waals surface area contributed by atoms with Gasteiger partial charge in [0.25, 0.3) is 0 Å². The van der Waals surface area contributed by atoms with Crippen molar-refractivity contribution in [2.24, 2.45) is 0 Å². The number of hydrogen-bond donors (Lipinski definition) is 3. The first-order chi connectivity index (χ1) is 24.8. The van der Waals surface area contributed by atoms with Crippen LogP contribution in [0.3, 0.4) is 0 Å². The Morgan fingerprint density at radius 3 is 1.69 bits per heavy atom. The second-order valence-electron chi connectivity index (χ2n) is 12.2. The summed E-state index contributed by atoms with van der Waals surface area (Å²) in [7, 11) is -4.54. The van der Waals surface area contributed by atoms with Crippen LogP contribution in [0, 0.1) is 0 Å². The fraction of sp³-hybridized carbons (Fsp3) is 0.634. The SMILES string of the molecule is CC/C=C\C/C=C\C/C=C\C/C=C\C/C=C\CC(=O)OC(COCCCCCCCC/C=C\C/C=C\CCCC)COP(=O)(O)OCC(O)CO. The van der Waals surface area contributed by atoms with E-state index in [1.165, 1.54) is 38.5 Å². The van der Waals surface area contributed by atoms with Crippen molar-refractivity contribution in [2.75, 3.05) is 33.0 Å². The summed E-state index contributed by atoms with van der Waals surface area (Å²) in [4.78, 5) is 22.4. The Bertz CT molecular complexity index is 1060. The quantitative estimate of drug-likeness (QED) is 0.0252. The third kappa shape index (κ3) is 37.2. The number of hydrogen-bond acceptors (Lipinski definition) is 8. The van der Waals surface area contributed by atoms with E-state index in [4.69, 9.17) is 23.6 Å². The van der Waals surface area contributed by atoms with Gasteiger partial charge in [-0.05, 0) is 64.2 Å². The molecule has 0 rings (SSSR count). The molecule has 0 aromatic heterocycles. The number of phosphoric ester groups is 1. The molecular weight excluding hydrogens is 667 g/mol. The maximum atomic E-state index is 12.5. The molecule has 292 valence electrons. The molecule has 0 fully saturated rings. The minimum absolute atomic E-state index is 0.00318. The summed E-state index contributed by atoms with van der Waals surface area (Å²) in [6.45, 7) is 3.16. The summed E-state index contributed by atoms with van der Waals surface area (Å²) < 4.78 is 33.1. The molecule has 9 nitrogen and oxygen atoms in total. The van der Waals surface area contributed by atoms with Crippen LogP contribution >= 0.6 is 7.82 Å². The van der Waals surface area contributed by atoms with Crippen molar-refractivity contribution in [3.05, 3.63) is 85.1 Å². The normalized spacial score (nSPS) is 15.2. The van der Waals surface area contributed by atoms with Gasteiger partial charge in [-0.15, -0.1) is 0 Å². The van der Waals surface area contributed by atoms with Crippen LogP contribution in [0.4, 0.5) is 0 Å². The second-order valence-corrected chi connectivity index (χ2v) is 13.7. The number of aliphatic hydroxyl groups is 2. The van der Waals surface area contributed by atoms with Gasteiger partial charge < -0.3 is 24.6 Å². The fourth-order valence-electron chi connectivity index (χ4n) is 4.44. The smallest absolute Gasteiger partial charge is 0.457 e. The molecule has 0 saturated heterocycles. The second kappa shape index (κ2) is 37.4. The molecular formula is C41H69O9P. The van der Waals surface area contributed by atoms with Crippen molar-refractivity contribution in [3.8, 4) is 0 Å². The van der Waals surface area contributed by atoms with E-state index >= 15 is 0 Å². The van der Waals surface area contributed by atoms with Gasteiger partial charge >= 0.3 is 13.8 Å². The molecule has 10 heteroatoms. The lowest BCUT2D eigenvalue weighted by molar-refractivity contribution is -0.153. The summed E-state index contributed by atoms with van der Waals surface area (Å²) in [5, 5.41) is 18.3. The molecule has 0 radical (unpaired) electrons. The number of rotatable bonds is 35. The van der Waals surface area contributed by atoms with Crippen molar-refractivity contribution in [1.29, 1.82) is 0 Å². The van der Waals surface area contributed by atoms with Gasteiger partial charge in [-0.2, -0.15) is 0 Å². The highest BCUT2D eigenvalue weighted by Crippen LogP contribution is 2.43. The van der Waals surface area contributed by atoms with E-state index in [0.717, 1.165) is 57.8 Å². The molecule has 3 atom stereocenters. The van der Waals surface area contributed by atoms with Gasteiger partial charge in [0, 0.05) is 6.61 Å². The largest absolute Gasteiger partial charge is 0.472 e. The summed E-state index contributed by atoms with van der Waals surface area (Å²) >= 11 is 0. The first-order valence-corrected chi connectivity index (χ1v) is 20.6. The van der Waals surface area contributed by atoms with Gasteiger partial charge in [-0.3, -0.25) is 13.8 Å². The molecule has 0 aromatic rings. The first-order valence-electron chi connectivity index (χ1n) is 19.1. The van der Waals surface area contributed by atoms with Crippen LogP contribution in [0.15, 0.2) is 85.1 Å². The number of unbranched alkanes of at least 4 members (excludes halogenated alkanes) is 8. The first kappa shape index (κ1) is 48.6. The lowest BCUT2D eigenvalue weighted by Crippen LogP contribution is -2.28. The van der Waals surface area contributed by atoms with Crippen LogP contribution in [-0.4, -0.2) is 66.3 Å². The minimum atomic E-state index is -4.54. The summed E-state index contributed by atoms with van der Waals surface area (Å²) in [5.74, 6) is -0.517. The maximum absolute atomic E-state index is 12.5. The van der Waals surface area contributed by atoms with Gasteiger partial charge in [0.1, 0.15) is 12.2 Å². The van der Waals surface area contributed by atoms with Gasteiger partial charge in [-0.1, -0.05) is 137 Å². The van der Waals surface area contributed by atoms with Crippen molar-refractivity contribution in [2.45, 2.75) is 135 Å². The zero-order valence-corrected chi connectivity index (χ0v) is 32.4. The molecule has 3 unspecified atom stereocenters. The monoisotopic (exact) mass is 736 g/mol. The predicted molar refractivity (Wildman–Crippen MR) is 209 cm³/mol. The highest BCUT2D eigenvalue weighted by atomic mass is 31.2. The zero-order chi connectivity index (χ0) is 37.5. The maximum Gasteiger partial charge on any atom is 0.472 e. The lowest BCUT2D eigenvalue weighted by Gasteiger charge is -2.20. The Labute approximate surface area is 309 Å². The number of phosphoric acid groups is 1. The van der Waals surface area contributed by atoms with E-state index in [9.17, 15) is 19.4 Å². The third-order valence-corrected chi connectivity index (χ3v) is 8.30. The van der Waals surface area contributed by atoms with E-state index in [1.807, 2.05) is 12.2 Å². The molecule has 0 heterocycles. The van der Waals surface area contributed by atoms with Crippen LogP contribution in [-0.2, 0) is 27.9 Å². The molecule has 3 N–H and O–H groups in total. The van der Waals surface area contributed by atoms with Crippen LogP contribution in [0.25, 0.3) is 0 Å². The Hall–Kier alpha value is -2.36. The zero-order valence-electron chi connectivity index (χ0n) is 31.5. The molecule has 0 aliphatic heterocycles. The predicted octanol–water partition coefficient (Wildman–Crippen LogP) is 9.97. The minimum Gasteiger partial charge on any atom is -0.457 e. The highest BCUT2D eigenvalue weighted by molar-refractivity contribution is 7.47. The average molecular weight is 737 g/mol. The third-order valence-electron chi connectivity index (χ3n) is 7.35. The van der Waals surface area contributed by atoms with E-state index < -0.39 is 45.8 Å². The number of ether oxygens (including phenoxy) is 2. The number of carbonyl (C=O) groups is 1. The molecule has 0 amide bonds. The number of aliphatic hydroxyl groups excluding tert-OH is 2. The average Bonchev–Trinajstić information content (AvgIpc) is 3.12. The van der Waals surface area contributed by atoms with Crippen molar-refractivity contribution in [1.82, 2.24) is 0 Å². The highest BCUT2D eigenvalue weighted by Gasteiger charge is 2.26. The Morgan fingerprint density at radius 1 is 0.627 bits per heavy atom. The number of esters is 1. The summed E-state index contributed by atoms with van der Waals surface area (Å²) in [6, 6.07) is 0. The number of allylic oxidation sites excluding steroid dienone is 13. The molecule has 0 aliphatic carbocycles. The molecule has 0 saturated carbocycles. The molecule has 0 bridgehead atoms. The summed E-state index contributed by atoms with van der Waals surface area (Å²) in [5.41, 5.74) is 0. The molecule has 0 aliphatic rings. The fourth-order valence-corrected chi connectivity index (χ4v) is 5.23. The Kier molecular flexibility index (Phi) is 35.7. The van der Waals surface area contributed by atoms with Crippen LogP contribution in [0.2, 0.25) is 0 Å². The van der Waals surface area contributed by atoms with E-state index in [0.29, 0.717) is 13.0 Å². The Balaban J connectivity index is 4.42.